The Kier molecular flexibility index (Phi) is 2.72. The van der Waals surface area contributed by atoms with Gasteiger partial charge < -0.3 is 0 Å². The van der Waals surface area contributed by atoms with Crippen LogP contribution in [0, 0.1) is 0 Å². The summed E-state index contributed by atoms with van der Waals surface area (Å²) < 4.78 is 0.973. The van der Waals surface area contributed by atoms with E-state index in [1.165, 1.54) is 25.2 Å². The van der Waals surface area contributed by atoms with Crippen LogP contribution < -0.4 is 5.57 Å². The fraction of sp³-hybridized carbons (Fsp3) is 0.500. The van der Waals surface area contributed by atoms with E-state index in [9.17, 15) is 0 Å². The molecule has 0 aliphatic carbocycles. The fourth-order valence-corrected chi connectivity index (χ4v) is 3.87. The topological polar surface area (TPSA) is 25.8 Å². The molecular formula is C8H10BrN2P. The molecule has 1 aliphatic rings. The van der Waals surface area contributed by atoms with Crippen LogP contribution in [0.25, 0.3) is 0 Å². The molecule has 64 valence electrons. The third kappa shape index (κ3) is 1.83. The van der Waals surface area contributed by atoms with Gasteiger partial charge in [-0.2, -0.15) is 0 Å². The Morgan fingerprint density at radius 3 is 2.33 bits per heavy atom. The first-order chi connectivity index (χ1) is 5.86. The normalized spacial score (nSPS) is 18.4. The molecule has 0 amide bonds. The van der Waals surface area contributed by atoms with Crippen molar-refractivity contribution in [1.82, 2.24) is 9.97 Å². The zero-order chi connectivity index (χ0) is 8.39. The Balaban J connectivity index is 2.17. The van der Waals surface area contributed by atoms with Gasteiger partial charge in [0.25, 0.3) is 0 Å². The summed E-state index contributed by atoms with van der Waals surface area (Å²) in [7, 11) is 0.00433. The van der Waals surface area contributed by atoms with E-state index in [0.717, 1.165) is 10.0 Å². The third-order valence-corrected chi connectivity index (χ3v) is 4.91. The molecule has 2 rings (SSSR count). The molecule has 0 spiro atoms. The van der Waals surface area contributed by atoms with Crippen LogP contribution in [0.2, 0.25) is 0 Å². The Morgan fingerprint density at radius 2 is 1.75 bits per heavy atom. The molecule has 0 unspecified atom stereocenters. The van der Waals surface area contributed by atoms with Crippen LogP contribution >= 0.6 is 23.9 Å². The third-order valence-electron chi connectivity index (χ3n) is 2.00. The summed E-state index contributed by atoms with van der Waals surface area (Å²) in [5, 5.41) is 0. The summed E-state index contributed by atoms with van der Waals surface area (Å²) in [4.78, 5) is 8.66. The molecule has 1 aliphatic heterocycles. The monoisotopic (exact) mass is 244 g/mol. The minimum Gasteiger partial charge on any atom is -0.236 e. The van der Waals surface area contributed by atoms with E-state index in [4.69, 9.17) is 0 Å². The lowest BCUT2D eigenvalue weighted by Crippen LogP contribution is -2.11. The molecule has 2 nitrogen and oxygen atoms in total. The van der Waals surface area contributed by atoms with E-state index in [1.807, 2.05) is 12.4 Å². The van der Waals surface area contributed by atoms with Crippen molar-refractivity contribution in [1.29, 1.82) is 0 Å². The molecule has 1 aromatic heterocycles. The number of rotatable bonds is 1. The minimum absolute atomic E-state index is 0.00433. The molecule has 1 fully saturated rings. The van der Waals surface area contributed by atoms with Gasteiger partial charge in [0.2, 0.25) is 0 Å². The first kappa shape index (κ1) is 8.58. The molecular weight excluding hydrogens is 235 g/mol. The molecule has 2 heterocycles. The summed E-state index contributed by atoms with van der Waals surface area (Å²) in [5.41, 5.74) is 1.09. The van der Waals surface area contributed by atoms with Crippen molar-refractivity contribution in [2.24, 2.45) is 0 Å². The molecule has 12 heavy (non-hydrogen) atoms. The molecule has 0 saturated carbocycles. The average molecular weight is 245 g/mol. The second-order valence-corrected chi connectivity index (χ2v) is 6.19. The summed E-state index contributed by atoms with van der Waals surface area (Å²) in [6.45, 7) is 0. The Morgan fingerprint density at radius 1 is 1.17 bits per heavy atom. The van der Waals surface area contributed by atoms with Crippen molar-refractivity contribution in [2.45, 2.75) is 12.8 Å². The van der Waals surface area contributed by atoms with Crippen LogP contribution in [0.1, 0.15) is 12.8 Å². The largest absolute Gasteiger partial charge is 0.236 e. The Labute approximate surface area is 81.7 Å². The van der Waals surface area contributed by atoms with Gasteiger partial charge in [-0.3, -0.25) is 0 Å². The van der Waals surface area contributed by atoms with Crippen molar-refractivity contribution in [2.75, 3.05) is 12.3 Å². The van der Waals surface area contributed by atoms with E-state index in [2.05, 4.69) is 25.9 Å². The molecule has 0 aromatic carbocycles. The van der Waals surface area contributed by atoms with Crippen molar-refractivity contribution in [3.63, 3.8) is 0 Å². The zero-order valence-corrected chi connectivity index (χ0v) is 9.18. The first-order valence-electron chi connectivity index (χ1n) is 4.09. The molecule has 0 atom stereocenters. The van der Waals surface area contributed by atoms with E-state index in [1.54, 1.807) is 0 Å². The van der Waals surface area contributed by atoms with Gasteiger partial charge in [-0.05, 0) is 49.0 Å². The summed E-state index contributed by atoms with van der Waals surface area (Å²) in [6.07, 6.45) is 9.09. The van der Waals surface area contributed by atoms with Gasteiger partial charge in [0, 0.05) is 12.4 Å². The van der Waals surface area contributed by atoms with Crippen LogP contribution in [0.4, 0.5) is 0 Å². The number of aromatic nitrogens is 2. The van der Waals surface area contributed by atoms with Crippen LogP contribution in [-0.2, 0) is 0 Å². The van der Waals surface area contributed by atoms with Gasteiger partial charge in [0.1, 0.15) is 5.57 Å². The standard InChI is InChI=1S/C8H10BrN2P/c9-7-5-10-8(11-6-7)12-3-1-2-4-12/h5-6H,1-4H2. The van der Waals surface area contributed by atoms with Gasteiger partial charge in [-0.25, -0.2) is 9.97 Å². The van der Waals surface area contributed by atoms with E-state index in [0.29, 0.717) is 0 Å². The number of halogens is 1. The SMILES string of the molecule is Brc1cnc(P2CCCC2)nc1. The van der Waals surface area contributed by atoms with Gasteiger partial charge in [0.15, 0.2) is 0 Å². The van der Waals surface area contributed by atoms with Gasteiger partial charge >= 0.3 is 0 Å². The lowest BCUT2D eigenvalue weighted by molar-refractivity contribution is 0.949. The van der Waals surface area contributed by atoms with E-state index >= 15 is 0 Å². The molecule has 0 bridgehead atoms. The van der Waals surface area contributed by atoms with Crippen LogP contribution in [0.15, 0.2) is 16.9 Å². The second-order valence-electron chi connectivity index (χ2n) is 2.90. The lowest BCUT2D eigenvalue weighted by atomic mass is 10.4. The van der Waals surface area contributed by atoms with Crippen molar-refractivity contribution < 1.29 is 0 Å². The number of nitrogens with zero attached hydrogens (tertiary/aromatic N) is 2. The van der Waals surface area contributed by atoms with Crippen LogP contribution in [0.3, 0.4) is 0 Å². The average Bonchev–Trinajstić information content (AvgIpc) is 2.58. The maximum absolute atomic E-state index is 4.33. The zero-order valence-electron chi connectivity index (χ0n) is 6.70. The highest BCUT2D eigenvalue weighted by atomic mass is 79.9. The fourth-order valence-electron chi connectivity index (χ4n) is 1.39. The molecule has 1 saturated heterocycles. The number of hydrogen-bond donors (Lipinski definition) is 0. The summed E-state index contributed by atoms with van der Waals surface area (Å²) >= 11 is 3.34. The smallest absolute Gasteiger partial charge is 0.150 e. The van der Waals surface area contributed by atoms with Crippen LogP contribution in [-0.4, -0.2) is 22.3 Å². The lowest BCUT2D eigenvalue weighted by Gasteiger charge is -2.06. The quantitative estimate of drug-likeness (QED) is 0.708. The minimum atomic E-state index is 0.00433. The summed E-state index contributed by atoms with van der Waals surface area (Å²) in [5.74, 6) is 0. The Hall–Kier alpha value is -0.0100. The van der Waals surface area contributed by atoms with Gasteiger partial charge in [-0.15, -0.1) is 0 Å². The van der Waals surface area contributed by atoms with Gasteiger partial charge in [0.05, 0.1) is 4.47 Å². The van der Waals surface area contributed by atoms with E-state index in [-0.39, 0.29) is 7.92 Å². The van der Waals surface area contributed by atoms with Crippen molar-refractivity contribution in [3.8, 4) is 0 Å². The Bertz CT molecular complexity index is 256. The highest BCUT2D eigenvalue weighted by Gasteiger charge is 2.18. The van der Waals surface area contributed by atoms with Crippen LogP contribution in [0.5, 0.6) is 0 Å². The molecule has 0 radical (unpaired) electrons. The predicted molar refractivity (Wildman–Crippen MR) is 55.3 cm³/mol. The molecule has 0 N–H and O–H groups in total. The second kappa shape index (κ2) is 3.80. The van der Waals surface area contributed by atoms with Crippen molar-refractivity contribution >= 4 is 29.4 Å². The molecule has 1 aromatic rings. The predicted octanol–water partition coefficient (Wildman–Crippen LogP) is 2.14. The first-order valence-corrected chi connectivity index (χ1v) is 6.59. The maximum atomic E-state index is 4.33. The highest BCUT2D eigenvalue weighted by molar-refractivity contribution is 9.10. The van der Waals surface area contributed by atoms with Crippen molar-refractivity contribution in [3.05, 3.63) is 16.9 Å². The maximum Gasteiger partial charge on any atom is 0.150 e. The number of hydrogen-bond acceptors (Lipinski definition) is 2. The van der Waals surface area contributed by atoms with Gasteiger partial charge in [-0.1, -0.05) is 0 Å². The van der Waals surface area contributed by atoms with E-state index < -0.39 is 0 Å². The highest BCUT2D eigenvalue weighted by Crippen LogP contribution is 2.40. The molecule has 4 heteroatoms. The summed E-state index contributed by atoms with van der Waals surface area (Å²) in [6, 6.07) is 0.